The number of rotatable bonds is 0. The fraction of sp³-hybridized carbons (Fsp3) is 1.00. The Morgan fingerprint density at radius 1 is 1.27 bits per heavy atom. The van der Waals surface area contributed by atoms with Gasteiger partial charge in [-0.05, 0) is 39.7 Å². The van der Waals surface area contributed by atoms with Crippen LogP contribution >= 0.6 is 0 Å². The zero-order valence-corrected chi connectivity index (χ0v) is 7.51. The normalized spacial score (nSPS) is 51.5. The van der Waals surface area contributed by atoms with Crippen molar-refractivity contribution in [3.8, 4) is 0 Å². The van der Waals surface area contributed by atoms with Gasteiger partial charge in [0.1, 0.15) is 0 Å². The van der Waals surface area contributed by atoms with Gasteiger partial charge in [0.05, 0.1) is 0 Å². The number of nitrogens with two attached hydrogens (primary N) is 1. The van der Waals surface area contributed by atoms with Crippen LogP contribution in [0.4, 0.5) is 0 Å². The highest BCUT2D eigenvalue weighted by molar-refractivity contribution is 5.00. The molecule has 0 amide bonds. The lowest BCUT2D eigenvalue weighted by molar-refractivity contribution is 0.123. The quantitative estimate of drug-likeness (QED) is 0.563. The minimum Gasteiger partial charge on any atom is -0.325 e. The second kappa shape index (κ2) is 2.20. The largest absolute Gasteiger partial charge is 0.325 e. The first-order valence-corrected chi connectivity index (χ1v) is 4.59. The summed E-state index contributed by atoms with van der Waals surface area (Å²) in [6.45, 7) is 2.20. The molecule has 2 aliphatic rings. The Labute approximate surface area is 68.7 Å². The number of piperidine rings is 1. The van der Waals surface area contributed by atoms with Crippen LogP contribution in [0, 0.1) is 0 Å². The van der Waals surface area contributed by atoms with Crippen molar-refractivity contribution in [1.82, 2.24) is 4.90 Å². The van der Waals surface area contributed by atoms with Crippen LogP contribution < -0.4 is 5.73 Å². The molecule has 2 nitrogen and oxygen atoms in total. The smallest absolute Gasteiger partial charge is 0.0155 e. The minimum absolute atomic E-state index is 0.123. The van der Waals surface area contributed by atoms with Gasteiger partial charge in [-0.3, -0.25) is 0 Å². The van der Waals surface area contributed by atoms with E-state index in [4.69, 9.17) is 5.73 Å². The molecule has 2 bridgehead atoms. The summed E-state index contributed by atoms with van der Waals surface area (Å²) in [7, 11) is 2.25. The molecule has 11 heavy (non-hydrogen) atoms. The molecule has 3 atom stereocenters. The predicted molar refractivity (Wildman–Crippen MR) is 46.4 cm³/mol. The lowest BCUT2D eigenvalue weighted by Gasteiger charge is -2.40. The average Bonchev–Trinajstić information content (AvgIpc) is 2.19. The van der Waals surface area contributed by atoms with E-state index in [1.807, 2.05) is 0 Å². The van der Waals surface area contributed by atoms with E-state index in [0.717, 1.165) is 12.1 Å². The Hall–Kier alpha value is -0.0800. The summed E-state index contributed by atoms with van der Waals surface area (Å²) < 4.78 is 0. The SMILES string of the molecule is CN1[C@@H]2CC[C@H]1CC(C)(N)C2. The topological polar surface area (TPSA) is 29.3 Å². The van der Waals surface area contributed by atoms with Crippen molar-refractivity contribution < 1.29 is 0 Å². The van der Waals surface area contributed by atoms with E-state index in [0.29, 0.717) is 0 Å². The van der Waals surface area contributed by atoms with Crippen LogP contribution in [0.1, 0.15) is 32.6 Å². The monoisotopic (exact) mass is 154 g/mol. The van der Waals surface area contributed by atoms with E-state index >= 15 is 0 Å². The van der Waals surface area contributed by atoms with Crippen molar-refractivity contribution in [3.63, 3.8) is 0 Å². The molecule has 64 valence electrons. The average molecular weight is 154 g/mol. The van der Waals surface area contributed by atoms with Crippen LogP contribution in [0.25, 0.3) is 0 Å². The molecule has 2 aliphatic heterocycles. The third-order valence-corrected chi connectivity index (χ3v) is 3.39. The van der Waals surface area contributed by atoms with Gasteiger partial charge < -0.3 is 10.6 Å². The zero-order chi connectivity index (χ0) is 8.06. The Morgan fingerprint density at radius 3 is 2.18 bits per heavy atom. The van der Waals surface area contributed by atoms with E-state index in [1.165, 1.54) is 25.7 Å². The van der Waals surface area contributed by atoms with Crippen LogP contribution in [0.15, 0.2) is 0 Å². The van der Waals surface area contributed by atoms with Gasteiger partial charge in [-0.1, -0.05) is 0 Å². The van der Waals surface area contributed by atoms with Crippen molar-refractivity contribution in [2.45, 2.75) is 50.2 Å². The molecule has 0 spiro atoms. The third-order valence-electron chi connectivity index (χ3n) is 3.39. The highest BCUT2D eigenvalue weighted by Gasteiger charge is 2.42. The van der Waals surface area contributed by atoms with Crippen LogP contribution in [-0.2, 0) is 0 Å². The fourth-order valence-corrected chi connectivity index (χ4v) is 2.74. The molecule has 2 heteroatoms. The molecule has 2 saturated heterocycles. The Bertz CT molecular complexity index is 149. The van der Waals surface area contributed by atoms with Gasteiger partial charge in [0.2, 0.25) is 0 Å². The second-order valence-electron chi connectivity index (χ2n) is 4.61. The fourth-order valence-electron chi connectivity index (χ4n) is 2.74. The molecule has 0 aromatic carbocycles. The molecular formula is C9H18N2. The van der Waals surface area contributed by atoms with Crippen molar-refractivity contribution in [1.29, 1.82) is 0 Å². The van der Waals surface area contributed by atoms with Crippen LogP contribution in [-0.4, -0.2) is 29.6 Å². The molecule has 0 aliphatic carbocycles. The first-order valence-electron chi connectivity index (χ1n) is 4.59. The highest BCUT2D eigenvalue weighted by Crippen LogP contribution is 2.37. The predicted octanol–water partition coefficient (Wildman–Crippen LogP) is 0.960. The van der Waals surface area contributed by atoms with E-state index in [1.54, 1.807) is 0 Å². The zero-order valence-electron chi connectivity index (χ0n) is 7.51. The van der Waals surface area contributed by atoms with Crippen LogP contribution in [0.5, 0.6) is 0 Å². The minimum atomic E-state index is 0.123. The number of nitrogens with zero attached hydrogens (tertiary/aromatic N) is 1. The van der Waals surface area contributed by atoms with E-state index in [2.05, 4.69) is 18.9 Å². The standard InChI is InChI=1S/C9H18N2/c1-9(10)5-7-3-4-8(6-9)11(7)2/h7-8H,3-6,10H2,1-2H3/t7-,8+,9?. The summed E-state index contributed by atoms with van der Waals surface area (Å²) in [6.07, 6.45) is 5.13. The third kappa shape index (κ3) is 1.18. The molecule has 2 heterocycles. The van der Waals surface area contributed by atoms with Crippen LogP contribution in [0.3, 0.4) is 0 Å². The summed E-state index contributed by atoms with van der Waals surface area (Å²) in [5, 5.41) is 0. The summed E-state index contributed by atoms with van der Waals surface area (Å²) in [4.78, 5) is 2.52. The van der Waals surface area contributed by atoms with Gasteiger partial charge in [0.15, 0.2) is 0 Å². The Kier molecular flexibility index (Phi) is 1.52. The van der Waals surface area contributed by atoms with Crippen molar-refractivity contribution >= 4 is 0 Å². The maximum atomic E-state index is 6.13. The maximum Gasteiger partial charge on any atom is 0.0155 e. The van der Waals surface area contributed by atoms with Crippen LogP contribution in [0.2, 0.25) is 0 Å². The summed E-state index contributed by atoms with van der Waals surface area (Å²) >= 11 is 0. The Balaban J connectivity index is 2.14. The van der Waals surface area contributed by atoms with E-state index < -0.39 is 0 Å². The van der Waals surface area contributed by atoms with Gasteiger partial charge >= 0.3 is 0 Å². The molecular weight excluding hydrogens is 136 g/mol. The van der Waals surface area contributed by atoms with Crippen molar-refractivity contribution in [2.75, 3.05) is 7.05 Å². The molecule has 0 aromatic heterocycles. The first-order chi connectivity index (χ1) is 5.08. The highest BCUT2D eigenvalue weighted by atomic mass is 15.2. The molecule has 0 saturated carbocycles. The van der Waals surface area contributed by atoms with Gasteiger partial charge in [0.25, 0.3) is 0 Å². The molecule has 2 rings (SSSR count). The van der Waals surface area contributed by atoms with Gasteiger partial charge in [-0.2, -0.15) is 0 Å². The molecule has 0 radical (unpaired) electrons. The van der Waals surface area contributed by atoms with E-state index in [9.17, 15) is 0 Å². The lowest BCUT2D eigenvalue weighted by atomic mass is 9.86. The van der Waals surface area contributed by atoms with Gasteiger partial charge in [-0.25, -0.2) is 0 Å². The van der Waals surface area contributed by atoms with Gasteiger partial charge in [0, 0.05) is 17.6 Å². The summed E-state index contributed by atoms with van der Waals surface area (Å²) in [5.41, 5.74) is 6.26. The molecule has 2 N–H and O–H groups in total. The number of hydrogen-bond donors (Lipinski definition) is 1. The number of fused-ring (bicyclic) bond motifs is 2. The van der Waals surface area contributed by atoms with Crippen molar-refractivity contribution in [2.24, 2.45) is 5.73 Å². The van der Waals surface area contributed by atoms with Crippen molar-refractivity contribution in [3.05, 3.63) is 0 Å². The van der Waals surface area contributed by atoms with Gasteiger partial charge in [-0.15, -0.1) is 0 Å². The Morgan fingerprint density at radius 2 is 1.73 bits per heavy atom. The summed E-state index contributed by atoms with van der Waals surface area (Å²) in [6, 6.07) is 1.56. The van der Waals surface area contributed by atoms with E-state index in [-0.39, 0.29) is 5.54 Å². The number of hydrogen-bond acceptors (Lipinski definition) is 2. The second-order valence-corrected chi connectivity index (χ2v) is 4.61. The molecule has 0 aromatic rings. The lowest BCUT2D eigenvalue weighted by Crippen LogP contribution is -2.52. The molecule has 2 fully saturated rings. The first kappa shape index (κ1) is 7.56. The summed E-state index contributed by atoms with van der Waals surface area (Å²) in [5.74, 6) is 0. The maximum absolute atomic E-state index is 6.13. The molecule has 1 unspecified atom stereocenters.